The van der Waals surface area contributed by atoms with Gasteiger partial charge in [-0.1, -0.05) is 35.9 Å². The van der Waals surface area contributed by atoms with Gasteiger partial charge in [0, 0.05) is 17.3 Å². The number of hydrogen-bond acceptors (Lipinski definition) is 4. The highest BCUT2D eigenvalue weighted by molar-refractivity contribution is 6.32. The third-order valence-corrected chi connectivity index (χ3v) is 4.18. The third kappa shape index (κ3) is 3.40. The maximum atomic E-state index is 6.49. The van der Waals surface area contributed by atoms with E-state index >= 15 is 0 Å². The molecule has 0 unspecified atom stereocenters. The zero-order valence-electron chi connectivity index (χ0n) is 11.9. The molecular weight excluding hydrogens is 286 g/mol. The normalized spacial score (nSPS) is 22.1. The predicted molar refractivity (Wildman–Crippen MR) is 86.5 cm³/mol. The maximum absolute atomic E-state index is 6.49. The molecule has 1 aromatic carbocycles. The molecule has 0 saturated carbocycles. The average molecular weight is 306 g/mol. The molecule has 112 valence electrons. The summed E-state index contributed by atoms with van der Waals surface area (Å²) in [5.74, 6) is 0. The molecule has 5 heteroatoms. The number of anilines is 1. The number of nitrogens with one attached hydrogen (secondary N) is 1. The molecule has 1 saturated heterocycles. The first-order valence-corrected chi connectivity index (χ1v) is 7.68. The van der Waals surface area contributed by atoms with Crippen molar-refractivity contribution in [3.8, 4) is 0 Å². The lowest BCUT2D eigenvalue weighted by molar-refractivity contribution is -0.123. The Hall–Kier alpha value is -1.49. The fourth-order valence-electron chi connectivity index (χ4n) is 2.66. The van der Waals surface area contributed by atoms with Gasteiger partial charge in [0.15, 0.2) is 0 Å². The van der Waals surface area contributed by atoms with Crippen LogP contribution in [0, 0.1) is 0 Å². The Labute approximate surface area is 130 Å². The molecule has 0 amide bonds. The number of halogens is 1. The fraction of sp³-hybridized carbons (Fsp3) is 0.375. The molecule has 0 bridgehead atoms. The van der Waals surface area contributed by atoms with Crippen LogP contribution in [0.15, 0.2) is 41.6 Å². The highest BCUT2D eigenvalue weighted by atomic mass is 35.5. The molecule has 2 aliphatic rings. The second kappa shape index (κ2) is 6.52. The minimum absolute atomic E-state index is 0.427. The Morgan fingerprint density at radius 3 is 3.10 bits per heavy atom. The Balaban J connectivity index is 1.73. The minimum atomic E-state index is 0.427. The SMILES string of the molecule is Nc1cccc(C2=C(Cl)N(OC[C@H]3CCCN3)CC=C2)c1. The smallest absolute Gasteiger partial charge is 0.137 e. The number of nitrogen functional groups attached to an aromatic ring is 1. The highest BCUT2D eigenvalue weighted by Crippen LogP contribution is 2.30. The summed E-state index contributed by atoms with van der Waals surface area (Å²) in [7, 11) is 0. The van der Waals surface area contributed by atoms with Crippen LogP contribution in [-0.2, 0) is 4.84 Å². The highest BCUT2D eigenvalue weighted by Gasteiger charge is 2.20. The summed E-state index contributed by atoms with van der Waals surface area (Å²) in [6, 6.07) is 8.14. The number of hydroxylamine groups is 2. The van der Waals surface area contributed by atoms with Gasteiger partial charge >= 0.3 is 0 Å². The van der Waals surface area contributed by atoms with E-state index in [4.69, 9.17) is 22.2 Å². The molecule has 3 N–H and O–H groups in total. The molecular formula is C16H20ClN3O. The van der Waals surface area contributed by atoms with Crippen molar-refractivity contribution in [1.29, 1.82) is 0 Å². The lowest BCUT2D eigenvalue weighted by atomic mass is 10.0. The fourth-order valence-corrected chi connectivity index (χ4v) is 2.95. The second-order valence-corrected chi connectivity index (χ2v) is 5.74. The van der Waals surface area contributed by atoms with Crippen LogP contribution in [0.4, 0.5) is 5.69 Å². The zero-order chi connectivity index (χ0) is 14.7. The molecule has 0 aromatic heterocycles. The Bertz CT molecular complexity index is 564. The summed E-state index contributed by atoms with van der Waals surface area (Å²) < 4.78 is 0. The van der Waals surface area contributed by atoms with Crippen LogP contribution in [0.3, 0.4) is 0 Å². The van der Waals surface area contributed by atoms with E-state index in [9.17, 15) is 0 Å². The lowest BCUT2D eigenvalue weighted by Crippen LogP contribution is -2.33. The monoisotopic (exact) mass is 305 g/mol. The largest absolute Gasteiger partial charge is 0.399 e. The van der Waals surface area contributed by atoms with E-state index in [0.717, 1.165) is 29.8 Å². The molecule has 1 fully saturated rings. The predicted octanol–water partition coefficient (Wildman–Crippen LogP) is 2.73. The number of rotatable bonds is 4. The van der Waals surface area contributed by atoms with E-state index in [1.807, 2.05) is 36.4 Å². The van der Waals surface area contributed by atoms with Gasteiger partial charge in [-0.15, -0.1) is 0 Å². The molecule has 0 aliphatic carbocycles. The Morgan fingerprint density at radius 2 is 2.33 bits per heavy atom. The van der Waals surface area contributed by atoms with E-state index < -0.39 is 0 Å². The number of allylic oxidation sites excluding steroid dienone is 2. The van der Waals surface area contributed by atoms with Crippen molar-refractivity contribution in [2.24, 2.45) is 0 Å². The molecule has 2 heterocycles. The molecule has 0 spiro atoms. The van der Waals surface area contributed by atoms with Crippen molar-refractivity contribution >= 4 is 22.9 Å². The lowest BCUT2D eigenvalue weighted by Gasteiger charge is -2.27. The van der Waals surface area contributed by atoms with Gasteiger partial charge in [0.05, 0.1) is 13.2 Å². The van der Waals surface area contributed by atoms with Crippen LogP contribution in [0.2, 0.25) is 0 Å². The summed E-state index contributed by atoms with van der Waals surface area (Å²) >= 11 is 6.49. The molecule has 1 atom stereocenters. The van der Waals surface area contributed by atoms with Crippen molar-refractivity contribution in [3.63, 3.8) is 0 Å². The van der Waals surface area contributed by atoms with Crippen molar-refractivity contribution in [2.75, 3.05) is 25.4 Å². The average Bonchev–Trinajstić information content (AvgIpc) is 2.99. The van der Waals surface area contributed by atoms with E-state index in [1.165, 1.54) is 6.42 Å². The van der Waals surface area contributed by atoms with Crippen LogP contribution in [-0.4, -0.2) is 30.8 Å². The summed E-state index contributed by atoms with van der Waals surface area (Å²) in [6.07, 6.45) is 6.44. The molecule has 0 radical (unpaired) electrons. The van der Waals surface area contributed by atoms with Gasteiger partial charge in [-0.3, -0.25) is 4.84 Å². The Morgan fingerprint density at radius 1 is 1.43 bits per heavy atom. The zero-order valence-corrected chi connectivity index (χ0v) is 12.6. The first-order valence-electron chi connectivity index (χ1n) is 7.30. The first kappa shape index (κ1) is 14.4. The van der Waals surface area contributed by atoms with E-state index in [1.54, 1.807) is 5.06 Å². The van der Waals surface area contributed by atoms with E-state index in [2.05, 4.69) is 5.32 Å². The van der Waals surface area contributed by atoms with Gasteiger partial charge < -0.3 is 11.1 Å². The van der Waals surface area contributed by atoms with Gasteiger partial charge in [-0.25, -0.2) is 5.06 Å². The quantitative estimate of drug-likeness (QED) is 0.663. The number of nitrogens with zero attached hydrogens (tertiary/aromatic N) is 1. The molecule has 4 nitrogen and oxygen atoms in total. The van der Waals surface area contributed by atoms with E-state index in [-0.39, 0.29) is 0 Å². The van der Waals surface area contributed by atoms with Gasteiger partial charge in [0.25, 0.3) is 0 Å². The Kier molecular flexibility index (Phi) is 4.48. The van der Waals surface area contributed by atoms with Crippen molar-refractivity contribution in [1.82, 2.24) is 10.4 Å². The van der Waals surface area contributed by atoms with Gasteiger partial charge in [-0.2, -0.15) is 0 Å². The van der Waals surface area contributed by atoms with Crippen molar-refractivity contribution in [3.05, 3.63) is 47.1 Å². The van der Waals surface area contributed by atoms with Crippen LogP contribution < -0.4 is 11.1 Å². The van der Waals surface area contributed by atoms with Gasteiger partial charge in [0.2, 0.25) is 0 Å². The maximum Gasteiger partial charge on any atom is 0.137 e. The molecule has 2 aliphatic heterocycles. The number of nitrogens with two attached hydrogens (primary N) is 1. The third-order valence-electron chi connectivity index (χ3n) is 3.79. The minimum Gasteiger partial charge on any atom is -0.399 e. The summed E-state index contributed by atoms with van der Waals surface area (Å²) in [5.41, 5.74) is 8.51. The molecule has 21 heavy (non-hydrogen) atoms. The topological polar surface area (TPSA) is 50.5 Å². The second-order valence-electron chi connectivity index (χ2n) is 5.38. The molecule has 3 rings (SSSR count). The van der Waals surface area contributed by atoms with Crippen LogP contribution in [0.5, 0.6) is 0 Å². The summed E-state index contributed by atoms with van der Waals surface area (Å²) in [6.45, 7) is 2.39. The van der Waals surface area contributed by atoms with Crippen molar-refractivity contribution < 1.29 is 4.84 Å². The van der Waals surface area contributed by atoms with E-state index in [0.29, 0.717) is 24.3 Å². The van der Waals surface area contributed by atoms with Crippen LogP contribution >= 0.6 is 11.6 Å². The standard InChI is InChI=1S/C16H20ClN3O/c17-16-15(12-4-1-5-13(18)10-12)7-3-9-20(16)21-11-14-6-2-8-19-14/h1,3-5,7,10,14,19H,2,6,8-9,11,18H2/t14-/m1/s1. The summed E-state index contributed by atoms with van der Waals surface area (Å²) in [5, 5.41) is 5.78. The van der Waals surface area contributed by atoms with Crippen molar-refractivity contribution in [2.45, 2.75) is 18.9 Å². The number of benzene rings is 1. The first-order chi connectivity index (χ1) is 10.2. The molecule has 1 aromatic rings. The van der Waals surface area contributed by atoms with Gasteiger partial charge in [-0.05, 0) is 37.1 Å². The van der Waals surface area contributed by atoms with Gasteiger partial charge in [0.1, 0.15) is 5.16 Å². The number of hydrogen-bond donors (Lipinski definition) is 2. The van der Waals surface area contributed by atoms with Crippen LogP contribution in [0.1, 0.15) is 18.4 Å². The summed E-state index contributed by atoms with van der Waals surface area (Å²) in [4.78, 5) is 5.86. The van der Waals surface area contributed by atoms with Crippen LogP contribution in [0.25, 0.3) is 5.57 Å².